The summed E-state index contributed by atoms with van der Waals surface area (Å²) in [7, 11) is 0. The first kappa shape index (κ1) is 24.0. The minimum atomic E-state index is -0.172. The van der Waals surface area contributed by atoms with Crippen LogP contribution >= 0.6 is 0 Å². The summed E-state index contributed by atoms with van der Waals surface area (Å²) in [6.07, 6.45) is 1.36. The van der Waals surface area contributed by atoms with Crippen molar-refractivity contribution in [3.05, 3.63) is 65.7 Å². The lowest BCUT2D eigenvalue weighted by atomic mass is 10.1. The van der Waals surface area contributed by atoms with E-state index in [1.54, 1.807) is 14.7 Å². The number of piperazine rings is 1. The number of benzene rings is 2. The molecular formula is C26H30N4O3. The first-order valence-electron chi connectivity index (χ1n) is 11.4. The largest absolute Gasteiger partial charge is 0.339 e. The molecule has 0 atom stereocenters. The number of rotatable bonds is 8. The summed E-state index contributed by atoms with van der Waals surface area (Å²) in [6.45, 7) is 4.25. The Balaban J connectivity index is 1.49. The van der Waals surface area contributed by atoms with Gasteiger partial charge in [0.15, 0.2) is 0 Å². The maximum atomic E-state index is 12.8. The van der Waals surface area contributed by atoms with E-state index in [9.17, 15) is 14.4 Å². The van der Waals surface area contributed by atoms with Gasteiger partial charge in [-0.3, -0.25) is 14.4 Å². The van der Waals surface area contributed by atoms with E-state index in [1.165, 1.54) is 5.56 Å². The van der Waals surface area contributed by atoms with Crippen LogP contribution in [0.3, 0.4) is 0 Å². The smallest absolute Gasteiger partial charge is 0.253 e. The lowest BCUT2D eigenvalue weighted by Crippen LogP contribution is -2.50. The summed E-state index contributed by atoms with van der Waals surface area (Å²) < 4.78 is 0. The van der Waals surface area contributed by atoms with Crippen molar-refractivity contribution in [3.63, 3.8) is 0 Å². The molecule has 33 heavy (non-hydrogen) atoms. The highest BCUT2D eigenvalue weighted by atomic mass is 16.2. The number of anilines is 1. The highest BCUT2D eigenvalue weighted by Gasteiger charge is 2.25. The van der Waals surface area contributed by atoms with Gasteiger partial charge in [-0.15, -0.1) is 0 Å². The molecule has 1 heterocycles. The Morgan fingerprint density at radius 2 is 1.55 bits per heavy atom. The molecule has 0 unspecified atom stereocenters. The van der Waals surface area contributed by atoms with Gasteiger partial charge in [0.1, 0.15) is 0 Å². The normalized spacial score (nSPS) is 13.3. The molecule has 0 aliphatic carbocycles. The van der Waals surface area contributed by atoms with Gasteiger partial charge in [0.2, 0.25) is 11.8 Å². The third-order valence-corrected chi connectivity index (χ3v) is 5.90. The molecule has 3 amide bonds. The third kappa shape index (κ3) is 6.42. The van der Waals surface area contributed by atoms with Crippen LogP contribution in [-0.2, 0) is 16.0 Å². The van der Waals surface area contributed by atoms with Crippen molar-refractivity contribution in [3.8, 4) is 6.07 Å². The second-order valence-electron chi connectivity index (χ2n) is 8.01. The number of amides is 3. The molecule has 172 valence electrons. The number of carbonyl (C=O) groups is 3. The van der Waals surface area contributed by atoms with E-state index in [0.29, 0.717) is 38.3 Å². The van der Waals surface area contributed by atoms with E-state index in [0.717, 1.165) is 12.1 Å². The molecule has 3 rings (SSSR count). The number of hydrogen-bond donors (Lipinski definition) is 0. The van der Waals surface area contributed by atoms with Gasteiger partial charge in [-0.1, -0.05) is 37.3 Å². The van der Waals surface area contributed by atoms with E-state index in [4.69, 9.17) is 5.26 Å². The minimum Gasteiger partial charge on any atom is -0.339 e. The number of carbonyl (C=O) groups excluding carboxylic acids is 3. The maximum Gasteiger partial charge on any atom is 0.253 e. The average Bonchev–Trinajstić information content (AvgIpc) is 2.88. The summed E-state index contributed by atoms with van der Waals surface area (Å²) in [4.78, 5) is 43.3. The topological polar surface area (TPSA) is 84.7 Å². The average molecular weight is 447 g/mol. The van der Waals surface area contributed by atoms with Crippen molar-refractivity contribution < 1.29 is 14.4 Å². The lowest BCUT2D eigenvalue weighted by Gasteiger charge is -2.35. The first-order chi connectivity index (χ1) is 16.0. The van der Waals surface area contributed by atoms with Crippen LogP contribution in [0.1, 0.15) is 42.1 Å². The zero-order chi connectivity index (χ0) is 23.6. The molecule has 1 aliphatic heterocycles. The highest BCUT2D eigenvalue weighted by molar-refractivity contribution is 5.96. The number of para-hydroxylation sites is 1. The Hall–Kier alpha value is -3.66. The molecule has 0 saturated carbocycles. The molecule has 2 aromatic rings. The lowest BCUT2D eigenvalue weighted by molar-refractivity contribution is -0.134. The number of hydrogen-bond acceptors (Lipinski definition) is 4. The maximum absolute atomic E-state index is 12.8. The Bertz CT molecular complexity index is 990. The van der Waals surface area contributed by atoms with Gasteiger partial charge in [0.05, 0.1) is 12.5 Å². The second-order valence-corrected chi connectivity index (χ2v) is 8.01. The summed E-state index contributed by atoms with van der Waals surface area (Å²) >= 11 is 0. The molecule has 0 N–H and O–H groups in total. The van der Waals surface area contributed by atoms with Crippen molar-refractivity contribution in [2.45, 2.75) is 32.6 Å². The minimum absolute atomic E-state index is 0.0177. The molecular weight excluding hydrogens is 416 g/mol. The fourth-order valence-corrected chi connectivity index (χ4v) is 3.90. The molecule has 2 aromatic carbocycles. The Kier molecular flexibility index (Phi) is 8.59. The Labute approximate surface area is 195 Å². The van der Waals surface area contributed by atoms with E-state index < -0.39 is 0 Å². The molecule has 0 radical (unpaired) electrons. The summed E-state index contributed by atoms with van der Waals surface area (Å²) in [5.41, 5.74) is 2.58. The molecule has 1 aliphatic rings. The van der Waals surface area contributed by atoms with Gasteiger partial charge < -0.3 is 14.7 Å². The summed E-state index contributed by atoms with van der Waals surface area (Å²) in [5.74, 6) is -0.277. The quantitative estimate of drug-likeness (QED) is 0.623. The summed E-state index contributed by atoms with van der Waals surface area (Å²) in [6, 6.07) is 18.9. The van der Waals surface area contributed by atoms with E-state index in [-0.39, 0.29) is 37.0 Å². The highest BCUT2D eigenvalue weighted by Crippen LogP contribution is 2.17. The van der Waals surface area contributed by atoms with Gasteiger partial charge in [0.25, 0.3) is 5.91 Å². The molecule has 7 nitrogen and oxygen atoms in total. The predicted octanol–water partition coefficient (Wildman–Crippen LogP) is 3.26. The number of aryl methyl sites for hydroxylation is 1. The standard InChI is InChI=1S/C26H30N4O3/c1-2-21-9-11-22(12-10-21)26(33)29-19-17-28(18-20-29)24(31)13-14-25(32)30(16-6-15-27)23-7-4-3-5-8-23/h3-5,7-12H,2,6,13-14,16-20H2,1H3. The van der Waals surface area contributed by atoms with Crippen molar-refractivity contribution >= 4 is 23.4 Å². The zero-order valence-corrected chi connectivity index (χ0v) is 19.1. The number of nitrogens with zero attached hydrogens (tertiary/aromatic N) is 4. The zero-order valence-electron chi connectivity index (χ0n) is 19.1. The molecule has 0 spiro atoms. The predicted molar refractivity (Wildman–Crippen MR) is 127 cm³/mol. The van der Waals surface area contributed by atoms with Crippen LogP contribution in [0, 0.1) is 11.3 Å². The van der Waals surface area contributed by atoms with Crippen LogP contribution in [0.5, 0.6) is 0 Å². The molecule has 0 aromatic heterocycles. The van der Waals surface area contributed by atoms with Gasteiger partial charge in [-0.05, 0) is 36.2 Å². The fraction of sp³-hybridized carbons (Fsp3) is 0.385. The number of nitriles is 1. The van der Waals surface area contributed by atoms with Crippen LogP contribution in [-0.4, -0.2) is 60.2 Å². The van der Waals surface area contributed by atoms with Crippen LogP contribution < -0.4 is 4.90 Å². The van der Waals surface area contributed by atoms with E-state index >= 15 is 0 Å². The third-order valence-electron chi connectivity index (χ3n) is 5.90. The second kappa shape index (κ2) is 11.8. The monoisotopic (exact) mass is 446 g/mol. The summed E-state index contributed by atoms with van der Waals surface area (Å²) in [5, 5.41) is 8.91. The van der Waals surface area contributed by atoms with E-state index in [2.05, 4.69) is 13.0 Å². The van der Waals surface area contributed by atoms with Gasteiger partial charge >= 0.3 is 0 Å². The van der Waals surface area contributed by atoms with Crippen LogP contribution in [0.15, 0.2) is 54.6 Å². The van der Waals surface area contributed by atoms with Crippen molar-refractivity contribution in [2.75, 3.05) is 37.6 Å². The van der Waals surface area contributed by atoms with Crippen molar-refractivity contribution in [1.29, 1.82) is 5.26 Å². The SMILES string of the molecule is CCc1ccc(C(=O)N2CCN(C(=O)CCC(=O)N(CCC#N)c3ccccc3)CC2)cc1. The molecule has 1 fully saturated rings. The van der Waals surface area contributed by atoms with Gasteiger partial charge in [-0.2, -0.15) is 5.26 Å². The van der Waals surface area contributed by atoms with Crippen molar-refractivity contribution in [1.82, 2.24) is 9.80 Å². The van der Waals surface area contributed by atoms with Crippen LogP contribution in [0.2, 0.25) is 0 Å². The Morgan fingerprint density at radius 3 is 2.15 bits per heavy atom. The molecule has 7 heteroatoms. The van der Waals surface area contributed by atoms with E-state index in [1.807, 2.05) is 54.6 Å². The van der Waals surface area contributed by atoms with Gasteiger partial charge in [0, 0.05) is 56.8 Å². The van der Waals surface area contributed by atoms with Crippen LogP contribution in [0.25, 0.3) is 0 Å². The fourth-order valence-electron chi connectivity index (χ4n) is 3.90. The van der Waals surface area contributed by atoms with Crippen LogP contribution in [0.4, 0.5) is 5.69 Å². The van der Waals surface area contributed by atoms with Gasteiger partial charge in [-0.25, -0.2) is 0 Å². The first-order valence-corrected chi connectivity index (χ1v) is 11.4. The Morgan fingerprint density at radius 1 is 0.909 bits per heavy atom. The van der Waals surface area contributed by atoms with Crippen molar-refractivity contribution in [2.24, 2.45) is 0 Å². The molecule has 0 bridgehead atoms. The molecule has 1 saturated heterocycles.